The van der Waals surface area contributed by atoms with Gasteiger partial charge in [-0.15, -0.1) is 0 Å². The zero-order valence-electron chi connectivity index (χ0n) is 15.3. The Morgan fingerprint density at radius 3 is 2.35 bits per heavy atom. The topological polar surface area (TPSA) is 40.5 Å². The van der Waals surface area contributed by atoms with Crippen molar-refractivity contribution in [3.05, 3.63) is 0 Å². The first kappa shape index (κ1) is 16.4. The molecular formula is C21H36O2. The molecule has 0 radical (unpaired) electrons. The second-order valence-electron chi connectivity index (χ2n) is 10.1. The van der Waals surface area contributed by atoms with E-state index in [0.29, 0.717) is 11.3 Å². The third-order valence-corrected chi connectivity index (χ3v) is 8.89. The highest BCUT2D eigenvalue weighted by molar-refractivity contribution is 5.07. The number of hydrogen-bond donors (Lipinski definition) is 2. The number of rotatable bonds is 1. The van der Waals surface area contributed by atoms with Crippen molar-refractivity contribution >= 4 is 0 Å². The molecule has 0 saturated heterocycles. The fraction of sp³-hybridized carbons (Fsp3) is 1.00. The molecule has 4 aliphatic carbocycles. The molecule has 4 rings (SSSR count). The number of hydrogen-bond acceptors (Lipinski definition) is 2. The fourth-order valence-electron chi connectivity index (χ4n) is 7.91. The number of aliphatic hydroxyl groups is 2. The van der Waals surface area contributed by atoms with E-state index in [2.05, 4.69) is 13.8 Å². The summed E-state index contributed by atoms with van der Waals surface area (Å²) in [6.07, 6.45) is 11.2. The van der Waals surface area contributed by atoms with Crippen molar-refractivity contribution in [3.8, 4) is 0 Å². The molecule has 0 aromatic heterocycles. The lowest BCUT2D eigenvalue weighted by Crippen LogP contribution is -2.51. The van der Waals surface area contributed by atoms with E-state index in [1.54, 1.807) is 0 Å². The summed E-state index contributed by atoms with van der Waals surface area (Å²) in [4.78, 5) is 0. The zero-order valence-corrected chi connectivity index (χ0v) is 15.3. The van der Waals surface area contributed by atoms with Crippen LogP contribution in [-0.2, 0) is 0 Å². The summed E-state index contributed by atoms with van der Waals surface area (Å²) in [6.45, 7) is 6.57. The average molecular weight is 321 g/mol. The minimum absolute atomic E-state index is 0.136. The maximum Gasteiger partial charge on any atom is 0.0622 e. The van der Waals surface area contributed by atoms with Crippen LogP contribution in [0.25, 0.3) is 0 Å². The molecule has 2 nitrogen and oxygen atoms in total. The Labute approximate surface area is 142 Å². The van der Waals surface area contributed by atoms with Crippen LogP contribution in [0.5, 0.6) is 0 Å². The first-order chi connectivity index (χ1) is 10.8. The van der Waals surface area contributed by atoms with Gasteiger partial charge in [0.25, 0.3) is 0 Å². The van der Waals surface area contributed by atoms with Gasteiger partial charge in [-0.2, -0.15) is 0 Å². The maximum absolute atomic E-state index is 10.5. The number of fused-ring (bicyclic) bond motifs is 5. The highest BCUT2D eigenvalue weighted by Gasteiger charge is 2.58. The molecule has 132 valence electrons. The highest BCUT2D eigenvalue weighted by atomic mass is 16.3. The Hall–Kier alpha value is -0.0800. The molecule has 2 heteroatoms. The predicted octanol–water partition coefficient (Wildman–Crippen LogP) is 4.39. The molecule has 0 aliphatic heterocycles. The summed E-state index contributed by atoms with van der Waals surface area (Å²) < 4.78 is 0. The Morgan fingerprint density at radius 1 is 0.870 bits per heavy atom. The molecule has 9 atom stereocenters. The smallest absolute Gasteiger partial charge is 0.0622 e. The van der Waals surface area contributed by atoms with Gasteiger partial charge in [0.15, 0.2) is 0 Å². The summed E-state index contributed by atoms with van der Waals surface area (Å²) in [5.74, 6) is 4.85. The molecule has 0 amide bonds. The van der Waals surface area contributed by atoms with E-state index in [4.69, 9.17) is 0 Å². The zero-order chi connectivity index (χ0) is 16.4. The molecule has 4 aliphatic rings. The van der Waals surface area contributed by atoms with Crippen LogP contribution < -0.4 is 0 Å². The van der Waals surface area contributed by atoms with Gasteiger partial charge in [-0.1, -0.05) is 6.92 Å². The maximum atomic E-state index is 10.5. The Kier molecular flexibility index (Phi) is 3.89. The van der Waals surface area contributed by atoms with Crippen molar-refractivity contribution in [2.24, 2.45) is 40.9 Å². The second kappa shape index (κ2) is 5.46. The van der Waals surface area contributed by atoms with Crippen LogP contribution in [0.3, 0.4) is 0 Å². The van der Waals surface area contributed by atoms with Crippen LogP contribution in [0.15, 0.2) is 0 Å². The van der Waals surface area contributed by atoms with Gasteiger partial charge in [-0.25, -0.2) is 0 Å². The van der Waals surface area contributed by atoms with E-state index in [0.717, 1.165) is 42.4 Å². The lowest BCUT2D eigenvalue weighted by atomic mass is 9.49. The van der Waals surface area contributed by atoms with Crippen LogP contribution in [0.4, 0.5) is 0 Å². The van der Waals surface area contributed by atoms with E-state index in [1.165, 1.54) is 44.9 Å². The van der Waals surface area contributed by atoms with Crippen LogP contribution in [0, 0.1) is 40.9 Å². The van der Waals surface area contributed by atoms with E-state index in [9.17, 15) is 10.2 Å². The summed E-state index contributed by atoms with van der Waals surface area (Å²) in [7, 11) is 0. The Morgan fingerprint density at radius 2 is 1.61 bits per heavy atom. The van der Waals surface area contributed by atoms with E-state index < -0.39 is 5.60 Å². The van der Waals surface area contributed by atoms with E-state index in [-0.39, 0.29) is 6.10 Å². The van der Waals surface area contributed by atoms with Gasteiger partial charge in [0, 0.05) is 0 Å². The molecule has 2 N–H and O–H groups in total. The standard InChI is InChI=1S/C21H36O2/c1-13(22)18-6-7-19-17-5-4-14-12-20(2,23)10-8-15(14)16(17)9-11-21(18,19)3/h13-19,22-23H,4-12H2,1-3H3/t13?,14?,15?,16-,17?,18-,19?,20+,21-/m1/s1. The lowest BCUT2D eigenvalue weighted by molar-refractivity contribution is -0.106. The summed E-state index contributed by atoms with van der Waals surface area (Å²) in [6, 6.07) is 0. The Bertz CT molecular complexity index is 457. The first-order valence-electron chi connectivity index (χ1n) is 10.2. The first-order valence-corrected chi connectivity index (χ1v) is 10.2. The quantitative estimate of drug-likeness (QED) is 0.752. The Balaban J connectivity index is 1.54. The summed E-state index contributed by atoms with van der Waals surface area (Å²) >= 11 is 0. The SMILES string of the molecule is CC(O)[C@H]1CCC2C3CCC4C[C@@](C)(O)CCC4[C@H]3CC[C@@]21C. The van der Waals surface area contributed by atoms with Gasteiger partial charge in [0.1, 0.15) is 0 Å². The van der Waals surface area contributed by atoms with Crippen molar-refractivity contribution in [3.63, 3.8) is 0 Å². The normalized spacial score (nSPS) is 57.3. The van der Waals surface area contributed by atoms with Gasteiger partial charge < -0.3 is 10.2 Å². The van der Waals surface area contributed by atoms with Crippen molar-refractivity contribution < 1.29 is 10.2 Å². The van der Waals surface area contributed by atoms with Crippen molar-refractivity contribution in [2.45, 2.75) is 90.3 Å². The molecule has 4 saturated carbocycles. The molecule has 0 spiro atoms. The third kappa shape index (κ3) is 2.51. The van der Waals surface area contributed by atoms with Gasteiger partial charge in [0.2, 0.25) is 0 Å². The third-order valence-electron chi connectivity index (χ3n) is 8.89. The van der Waals surface area contributed by atoms with Crippen molar-refractivity contribution in [2.75, 3.05) is 0 Å². The summed E-state index contributed by atoms with van der Waals surface area (Å²) in [5.41, 5.74) is -0.00963. The number of aliphatic hydroxyl groups excluding tert-OH is 1. The van der Waals surface area contributed by atoms with E-state index >= 15 is 0 Å². The van der Waals surface area contributed by atoms with Crippen LogP contribution >= 0.6 is 0 Å². The molecule has 0 bridgehead atoms. The molecule has 23 heavy (non-hydrogen) atoms. The van der Waals surface area contributed by atoms with Crippen molar-refractivity contribution in [1.29, 1.82) is 0 Å². The molecular weight excluding hydrogens is 284 g/mol. The molecule has 4 fully saturated rings. The van der Waals surface area contributed by atoms with Gasteiger partial charge in [0.05, 0.1) is 11.7 Å². The summed E-state index contributed by atoms with van der Waals surface area (Å²) in [5, 5.41) is 20.7. The van der Waals surface area contributed by atoms with Crippen molar-refractivity contribution in [1.82, 2.24) is 0 Å². The van der Waals surface area contributed by atoms with Crippen LogP contribution in [0.1, 0.15) is 78.6 Å². The molecule has 0 aromatic carbocycles. The monoisotopic (exact) mass is 320 g/mol. The molecule has 0 aromatic rings. The minimum atomic E-state index is -0.401. The van der Waals surface area contributed by atoms with Gasteiger partial charge >= 0.3 is 0 Å². The fourth-order valence-corrected chi connectivity index (χ4v) is 7.91. The minimum Gasteiger partial charge on any atom is -0.393 e. The second-order valence-corrected chi connectivity index (χ2v) is 10.1. The van der Waals surface area contributed by atoms with Gasteiger partial charge in [-0.05, 0) is 113 Å². The van der Waals surface area contributed by atoms with Gasteiger partial charge in [-0.3, -0.25) is 0 Å². The molecule has 0 heterocycles. The molecule has 5 unspecified atom stereocenters. The lowest BCUT2D eigenvalue weighted by Gasteiger charge is -2.57. The van der Waals surface area contributed by atoms with Crippen LogP contribution in [0.2, 0.25) is 0 Å². The predicted molar refractivity (Wildman–Crippen MR) is 92.9 cm³/mol. The largest absolute Gasteiger partial charge is 0.393 e. The average Bonchev–Trinajstić information content (AvgIpc) is 2.83. The van der Waals surface area contributed by atoms with Crippen LogP contribution in [-0.4, -0.2) is 21.9 Å². The van der Waals surface area contributed by atoms with E-state index in [1.807, 2.05) is 6.92 Å². The highest BCUT2D eigenvalue weighted by Crippen LogP contribution is 2.65.